The Balaban J connectivity index is 2.03. The molecule has 1 fully saturated rings. The number of ether oxygens (including phenoxy) is 1. The lowest BCUT2D eigenvalue weighted by molar-refractivity contribution is -0.649. The summed E-state index contributed by atoms with van der Waals surface area (Å²) in [5.41, 5.74) is 1.36. The average molecular weight is 272 g/mol. The molecule has 0 amide bonds. The predicted molar refractivity (Wildman–Crippen MR) is 82.4 cm³/mol. The minimum absolute atomic E-state index is 0.0816. The predicted octanol–water partition coefficient (Wildman–Crippen LogP) is 3.81. The third-order valence-electron chi connectivity index (χ3n) is 5.01. The molecular formula is C18H26NO+. The van der Waals surface area contributed by atoms with Gasteiger partial charge in [-0.15, -0.1) is 0 Å². The van der Waals surface area contributed by atoms with Gasteiger partial charge in [0.15, 0.2) is 0 Å². The molecule has 1 aromatic rings. The second kappa shape index (κ2) is 5.69. The van der Waals surface area contributed by atoms with Crippen LogP contribution in [0.4, 0.5) is 0 Å². The van der Waals surface area contributed by atoms with Gasteiger partial charge in [0.2, 0.25) is 0 Å². The van der Waals surface area contributed by atoms with Gasteiger partial charge in [-0.1, -0.05) is 37.3 Å². The van der Waals surface area contributed by atoms with E-state index in [0.29, 0.717) is 11.8 Å². The van der Waals surface area contributed by atoms with Crippen molar-refractivity contribution in [1.82, 2.24) is 0 Å². The van der Waals surface area contributed by atoms with Gasteiger partial charge in [-0.3, -0.25) is 0 Å². The highest BCUT2D eigenvalue weighted by atomic mass is 16.5. The third-order valence-corrected chi connectivity index (χ3v) is 5.01. The lowest BCUT2D eigenvalue weighted by Crippen LogP contribution is -2.50. The molecule has 2 aliphatic rings. The van der Waals surface area contributed by atoms with Crippen LogP contribution in [0.2, 0.25) is 0 Å². The van der Waals surface area contributed by atoms with Crippen LogP contribution in [0.1, 0.15) is 51.0 Å². The van der Waals surface area contributed by atoms with E-state index < -0.39 is 0 Å². The highest BCUT2D eigenvalue weighted by molar-refractivity contribution is 5.57. The van der Waals surface area contributed by atoms with E-state index in [1.54, 1.807) is 0 Å². The van der Waals surface area contributed by atoms with Crippen LogP contribution in [-0.4, -0.2) is 29.7 Å². The number of rotatable bonds is 4. The lowest BCUT2D eigenvalue weighted by Gasteiger charge is -2.38. The summed E-state index contributed by atoms with van der Waals surface area (Å²) in [6.45, 7) is 6.37. The molecule has 2 aliphatic heterocycles. The van der Waals surface area contributed by atoms with Gasteiger partial charge in [-0.05, 0) is 25.3 Å². The Kier molecular flexibility index (Phi) is 3.93. The van der Waals surface area contributed by atoms with Crippen LogP contribution in [0, 0.1) is 5.92 Å². The van der Waals surface area contributed by atoms with Gasteiger partial charge < -0.3 is 4.74 Å². The van der Waals surface area contributed by atoms with E-state index in [1.165, 1.54) is 24.8 Å². The molecule has 1 saturated heterocycles. The Morgan fingerprint density at radius 2 is 2.05 bits per heavy atom. The molecule has 0 spiro atoms. The van der Waals surface area contributed by atoms with E-state index >= 15 is 0 Å². The molecule has 20 heavy (non-hydrogen) atoms. The number of nitrogens with zero attached hydrogens (tertiary/aromatic N) is 1. The van der Waals surface area contributed by atoms with E-state index in [2.05, 4.69) is 55.0 Å². The van der Waals surface area contributed by atoms with Gasteiger partial charge in [0, 0.05) is 18.8 Å². The minimum Gasteiger partial charge on any atom is -0.319 e. The maximum atomic E-state index is 6.35. The molecule has 2 nitrogen and oxygen atoms in total. The topological polar surface area (TPSA) is 12.2 Å². The average Bonchev–Trinajstić information content (AvgIpc) is 2.90. The summed E-state index contributed by atoms with van der Waals surface area (Å²) in [6, 6.07) is 11.0. The zero-order valence-corrected chi connectivity index (χ0v) is 12.7. The summed E-state index contributed by atoms with van der Waals surface area (Å²) in [7, 11) is 0. The zero-order chi connectivity index (χ0) is 14.0. The van der Waals surface area contributed by atoms with Crippen LogP contribution in [0.25, 0.3) is 0 Å². The van der Waals surface area contributed by atoms with Crippen LogP contribution in [0.5, 0.6) is 0 Å². The zero-order valence-electron chi connectivity index (χ0n) is 12.7. The summed E-state index contributed by atoms with van der Waals surface area (Å²) in [6.07, 6.45) is 7.31. The fourth-order valence-electron chi connectivity index (χ4n) is 4.07. The lowest BCUT2D eigenvalue weighted by atomic mass is 9.77. The van der Waals surface area contributed by atoms with Crippen molar-refractivity contribution in [3.05, 3.63) is 35.9 Å². The molecule has 0 saturated carbocycles. The Bertz CT molecular complexity index is 481. The fourth-order valence-corrected chi connectivity index (χ4v) is 4.07. The summed E-state index contributed by atoms with van der Waals surface area (Å²) in [4.78, 5) is 0. The monoisotopic (exact) mass is 272 g/mol. The molecule has 2 heterocycles. The van der Waals surface area contributed by atoms with Gasteiger partial charge in [-0.25, -0.2) is 4.58 Å². The molecule has 0 radical (unpaired) electrons. The van der Waals surface area contributed by atoms with Crippen molar-refractivity contribution in [2.45, 2.75) is 51.2 Å². The van der Waals surface area contributed by atoms with Crippen LogP contribution in [0.3, 0.4) is 0 Å². The van der Waals surface area contributed by atoms with Crippen molar-refractivity contribution >= 4 is 6.21 Å². The molecule has 3 unspecified atom stereocenters. The van der Waals surface area contributed by atoms with E-state index in [1.807, 2.05) is 0 Å². The quantitative estimate of drug-likeness (QED) is 0.759. The molecular weight excluding hydrogens is 246 g/mol. The van der Waals surface area contributed by atoms with Crippen LogP contribution in [0.15, 0.2) is 30.3 Å². The van der Waals surface area contributed by atoms with E-state index in [9.17, 15) is 0 Å². The third kappa shape index (κ3) is 2.20. The standard InChI is InChI=1S/C18H26NO/c1-3-15-13-17(16-9-6-5-7-10-16)18(20-4-2)11-8-12-19(18)14-15/h5-7,9-10,14-15,17H,3-4,8,11-13H2,1-2H3/q+1. The number of hydrogen-bond donors (Lipinski definition) is 0. The van der Waals surface area contributed by atoms with Gasteiger partial charge in [0.25, 0.3) is 5.72 Å². The second-order valence-electron chi connectivity index (χ2n) is 6.09. The summed E-state index contributed by atoms with van der Waals surface area (Å²) in [5.74, 6) is 1.19. The molecule has 1 aromatic carbocycles. The Hall–Kier alpha value is -1.15. The van der Waals surface area contributed by atoms with Crippen LogP contribution >= 0.6 is 0 Å². The smallest absolute Gasteiger partial charge is 0.273 e. The summed E-state index contributed by atoms with van der Waals surface area (Å²) >= 11 is 0. The van der Waals surface area contributed by atoms with E-state index in [4.69, 9.17) is 4.74 Å². The maximum Gasteiger partial charge on any atom is 0.273 e. The van der Waals surface area contributed by atoms with E-state index in [0.717, 1.165) is 19.6 Å². The molecule has 108 valence electrons. The SMILES string of the molecule is CCOC12CCC[N+]1=CC(CC)CC2c1ccccc1. The summed E-state index contributed by atoms with van der Waals surface area (Å²) in [5, 5.41) is 0. The molecule has 2 heteroatoms. The Morgan fingerprint density at radius 3 is 2.75 bits per heavy atom. The molecule has 0 aliphatic carbocycles. The van der Waals surface area contributed by atoms with Crippen molar-refractivity contribution in [2.75, 3.05) is 13.2 Å². The minimum atomic E-state index is -0.0816. The first-order valence-electron chi connectivity index (χ1n) is 8.10. The van der Waals surface area contributed by atoms with Gasteiger partial charge in [0.1, 0.15) is 12.8 Å². The first-order valence-corrected chi connectivity index (χ1v) is 8.10. The van der Waals surface area contributed by atoms with E-state index in [-0.39, 0.29) is 5.72 Å². The van der Waals surface area contributed by atoms with Gasteiger partial charge in [0.05, 0.1) is 12.5 Å². The first kappa shape index (κ1) is 13.8. The first-order chi connectivity index (χ1) is 9.80. The van der Waals surface area contributed by atoms with Crippen molar-refractivity contribution in [1.29, 1.82) is 0 Å². The van der Waals surface area contributed by atoms with Crippen molar-refractivity contribution < 1.29 is 9.31 Å². The Morgan fingerprint density at radius 1 is 1.25 bits per heavy atom. The van der Waals surface area contributed by atoms with Gasteiger partial charge in [-0.2, -0.15) is 0 Å². The van der Waals surface area contributed by atoms with Crippen molar-refractivity contribution in [3.8, 4) is 0 Å². The number of fused-ring (bicyclic) bond motifs is 1. The van der Waals surface area contributed by atoms with Crippen LogP contribution < -0.4 is 0 Å². The maximum absolute atomic E-state index is 6.35. The molecule has 0 aromatic heterocycles. The highest BCUT2D eigenvalue weighted by Crippen LogP contribution is 2.46. The molecule has 0 N–H and O–H groups in total. The highest BCUT2D eigenvalue weighted by Gasteiger charge is 2.56. The fraction of sp³-hybridized carbons (Fsp3) is 0.611. The van der Waals surface area contributed by atoms with Gasteiger partial charge >= 0.3 is 0 Å². The van der Waals surface area contributed by atoms with Crippen LogP contribution in [-0.2, 0) is 4.74 Å². The molecule has 3 rings (SSSR count). The normalized spacial score (nSPS) is 32.8. The molecule has 3 atom stereocenters. The molecule has 0 bridgehead atoms. The summed E-state index contributed by atoms with van der Waals surface area (Å²) < 4.78 is 8.87. The van der Waals surface area contributed by atoms with Crippen molar-refractivity contribution in [2.24, 2.45) is 5.92 Å². The number of benzene rings is 1. The number of hydrogen-bond acceptors (Lipinski definition) is 1. The Labute approximate surface area is 122 Å². The second-order valence-corrected chi connectivity index (χ2v) is 6.09. The van der Waals surface area contributed by atoms with Crippen molar-refractivity contribution in [3.63, 3.8) is 0 Å². The largest absolute Gasteiger partial charge is 0.319 e.